The van der Waals surface area contributed by atoms with Crippen LogP contribution in [0.25, 0.3) is 0 Å². The number of rotatable bonds is 44. The predicted octanol–water partition coefficient (Wildman–Crippen LogP) is 11.9. The van der Waals surface area contributed by atoms with E-state index in [0.29, 0.717) is 12.8 Å². The van der Waals surface area contributed by atoms with Crippen molar-refractivity contribution in [1.82, 2.24) is 0 Å². The van der Waals surface area contributed by atoms with Gasteiger partial charge in [-0.15, -0.1) is 0 Å². The second-order valence-corrected chi connectivity index (χ2v) is 19.7. The Hall–Kier alpha value is -2.39. The summed E-state index contributed by atoms with van der Waals surface area (Å²) < 4.78 is 54.3. The molecule has 4 N–H and O–H groups in total. The van der Waals surface area contributed by atoms with Crippen molar-refractivity contribution < 1.29 is 56.8 Å². The molecule has 0 radical (unpaired) electrons. The molecule has 384 valence electrons. The Morgan fingerprint density at radius 2 is 0.955 bits per heavy atom. The molecule has 0 aromatic carbocycles. The first-order valence-corrected chi connectivity index (χ1v) is 27.8. The molecular formula is C53H94O12S. The zero-order valence-electron chi connectivity index (χ0n) is 41.3. The van der Waals surface area contributed by atoms with Crippen LogP contribution in [-0.4, -0.2) is 96.0 Å². The van der Waals surface area contributed by atoms with Crippen LogP contribution in [0, 0.1) is 0 Å². The van der Waals surface area contributed by atoms with E-state index >= 15 is 0 Å². The zero-order valence-corrected chi connectivity index (χ0v) is 42.1. The lowest BCUT2D eigenvalue weighted by Crippen LogP contribution is -2.60. The minimum atomic E-state index is -4.61. The maximum absolute atomic E-state index is 12.9. The van der Waals surface area contributed by atoms with Crippen molar-refractivity contribution in [3.8, 4) is 0 Å². The molecule has 0 spiro atoms. The molecule has 0 aromatic rings. The normalized spacial score (nSPS) is 19.8. The number of aliphatic hydroxyl groups excluding tert-OH is 3. The van der Waals surface area contributed by atoms with Gasteiger partial charge in [0.2, 0.25) is 0 Å². The summed E-state index contributed by atoms with van der Waals surface area (Å²) in [6.07, 6.45) is 42.9. The SMILES string of the molecule is CC/C=C\C/C=C\C/C=C\CCCCCCCCCC(=O)OC(COC(=O)CCCCCCCCCCC/C=C\CCCCCCCCCC)COC1OC(CS(=O)(=O)O)C(O)C(O)C1O. The third-order valence-corrected chi connectivity index (χ3v) is 12.6. The molecule has 13 heteroatoms. The smallest absolute Gasteiger partial charge is 0.306 e. The highest BCUT2D eigenvalue weighted by Crippen LogP contribution is 2.24. The number of unbranched alkanes of at least 4 members (excludes halogenated alkanes) is 24. The lowest BCUT2D eigenvalue weighted by molar-refractivity contribution is -0.297. The number of carbonyl (C=O) groups excluding carboxylic acids is 2. The molecule has 1 aliphatic heterocycles. The Balaban J connectivity index is 2.36. The predicted molar refractivity (Wildman–Crippen MR) is 266 cm³/mol. The van der Waals surface area contributed by atoms with Crippen LogP contribution in [0.15, 0.2) is 48.6 Å². The van der Waals surface area contributed by atoms with Gasteiger partial charge in [0, 0.05) is 12.8 Å². The molecule has 0 aromatic heterocycles. The largest absolute Gasteiger partial charge is 0.462 e. The Bertz CT molecular complexity index is 1400. The molecule has 0 amide bonds. The summed E-state index contributed by atoms with van der Waals surface area (Å²) in [7, 11) is -4.61. The molecule has 1 rings (SSSR count). The van der Waals surface area contributed by atoms with Gasteiger partial charge < -0.3 is 34.3 Å². The van der Waals surface area contributed by atoms with E-state index in [1.165, 1.54) is 96.3 Å². The Kier molecular flexibility index (Phi) is 39.9. The van der Waals surface area contributed by atoms with Gasteiger partial charge in [0.15, 0.2) is 12.4 Å². The lowest BCUT2D eigenvalue weighted by atomic mass is 10.00. The first kappa shape index (κ1) is 61.6. The number of ether oxygens (including phenoxy) is 4. The molecule has 1 fully saturated rings. The number of allylic oxidation sites excluding steroid dienone is 8. The minimum Gasteiger partial charge on any atom is -0.462 e. The number of hydrogen-bond donors (Lipinski definition) is 4. The maximum atomic E-state index is 12.9. The first-order valence-electron chi connectivity index (χ1n) is 26.2. The van der Waals surface area contributed by atoms with Crippen molar-refractivity contribution in [2.75, 3.05) is 19.0 Å². The van der Waals surface area contributed by atoms with Gasteiger partial charge in [0.05, 0.1) is 6.61 Å². The molecular weight excluding hydrogens is 861 g/mol. The Labute approximate surface area is 401 Å². The first-order chi connectivity index (χ1) is 32.0. The fraction of sp³-hybridized carbons (Fsp3) is 0.811. The van der Waals surface area contributed by atoms with Gasteiger partial charge in [-0.2, -0.15) is 8.42 Å². The highest BCUT2D eigenvalue weighted by Gasteiger charge is 2.46. The number of carbonyl (C=O) groups is 2. The highest BCUT2D eigenvalue weighted by atomic mass is 32.2. The lowest BCUT2D eigenvalue weighted by Gasteiger charge is -2.40. The van der Waals surface area contributed by atoms with Gasteiger partial charge in [0.1, 0.15) is 36.8 Å². The Morgan fingerprint density at radius 1 is 0.530 bits per heavy atom. The van der Waals surface area contributed by atoms with Gasteiger partial charge in [0.25, 0.3) is 10.1 Å². The van der Waals surface area contributed by atoms with Crippen LogP contribution in [0.5, 0.6) is 0 Å². The van der Waals surface area contributed by atoms with E-state index in [1.807, 2.05) is 0 Å². The summed E-state index contributed by atoms with van der Waals surface area (Å²) in [6.45, 7) is 3.67. The molecule has 0 aliphatic carbocycles. The van der Waals surface area contributed by atoms with Crippen LogP contribution in [0.2, 0.25) is 0 Å². The highest BCUT2D eigenvalue weighted by molar-refractivity contribution is 7.85. The molecule has 1 saturated heterocycles. The van der Waals surface area contributed by atoms with Gasteiger partial charge in [-0.3, -0.25) is 14.1 Å². The number of aliphatic hydroxyl groups is 3. The fourth-order valence-electron chi connectivity index (χ4n) is 7.86. The molecule has 66 heavy (non-hydrogen) atoms. The summed E-state index contributed by atoms with van der Waals surface area (Å²) >= 11 is 0. The van der Waals surface area contributed by atoms with Crippen molar-refractivity contribution >= 4 is 22.1 Å². The third kappa shape index (κ3) is 36.6. The molecule has 0 saturated carbocycles. The van der Waals surface area contributed by atoms with E-state index < -0.39 is 71.2 Å². The monoisotopic (exact) mass is 955 g/mol. The van der Waals surface area contributed by atoms with Gasteiger partial charge >= 0.3 is 11.9 Å². The van der Waals surface area contributed by atoms with Crippen LogP contribution in [0.1, 0.15) is 219 Å². The molecule has 0 bridgehead atoms. The third-order valence-electron chi connectivity index (χ3n) is 11.9. The van der Waals surface area contributed by atoms with E-state index in [-0.39, 0.29) is 19.4 Å². The summed E-state index contributed by atoms with van der Waals surface area (Å²) in [5.41, 5.74) is 0. The average molecular weight is 955 g/mol. The maximum Gasteiger partial charge on any atom is 0.306 e. The zero-order chi connectivity index (χ0) is 48.4. The summed E-state index contributed by atoms with van der Waals surface area (Å²) in [5, 5.41) is 31.0. The Morgan fingerprint density at radius 3 is 1.44 bits per heavy atom. The minimum absolute atomic E-state index is 0.152. The van der Waals surface area contributed by atoms with Crippen LogP contribution in [0.3, 0.4) is 0 Å². The summed E-state index contributed by atoms with van der Waals surface area (Å²) in [6, 6.07) is 0. The van der Waals surface area contributed by atoms with E-state index in [9.17, 15) is 37.9 Å². The van der Waals surface area contributed by atoms with Crippen LogP contribution in [-0.2, 0) is 38.7 Å². The van der Waals surface area contributed by atoms with Gasteiger partial charge in [-0.1, -0.05) is 184 Å². The van der Waals surface area contributed by atoms with Gasteiger partial charge in [-0.25, -0.2) is 0 Å². The fourth-order valence-corrected chi connectivity index (χ4v) is 8.55. The number of esters is 2. The topological polar surface area (TPSA) is 186 Å². The molecule has 12 nitrogen and oxygen atoms in total. The second kappa shape index (κ2) is 42.7. The van der Waals surface area contributed by atoms with Gasteiger partial charge in [-0.05, 0) is 70.6 Å². The standard InChI is InChI=1S/C53H94O12S/c1-3-5-7-9-11-13-15-17-19-21-22-23-24-26-27-29-31-33-35-37-39-41-48(54)62-43-46(44-63-53-52(58)51(57)50(56)47(65-53)45-66(59,60)61)64-49(55)42-40-38-36-34-32-30-28-25-20-18-16-14-12-10-8-6-4-2/h6,8,12,14,18,20-22,46-47,50-53,56-58H,3-5,7,9-11,13,15-17,19,23-45H2,1-2H3,(H,59,60,61)/b8-6-,14-12-,20-18-,22-21-. The average Bonchev–Trinajstić information content (AvgIpc) is 3.28. The molecule has 1 aliphatic rings. The number of hydrogen-bond acceptors (Lipinski definition) is 11. The van der Waals surface area contributed by atoms with Crippen LogP contribution < -0.4 is 0 Å². The summed E-state index contributed by atoms with van der Waals surface area (Å²) in [5.74, 6) is -1.99. The van der Waals surface area contributed by atoms with E-state index in [2.05, 4.69) is 62.5 Å². The van der Waals surface area contributed by atoms with Crippen molar-refractivity contribution in [1.29, 1.82) is 0 Å². The molecule has 6 atom stereocenters. The second-order valence-electron chi connectivity index (χ2n) is 18.2. The van der Waals surface area contributed by atoms with Crippen molar-refractivity contribution in [2.24, 2.45) is 0 Å². The van der Waals surface area contributed by atoms with Crippen molar-refractivity contribution in [2.45, 2.75) is 256 Å². The quantitative estimate of drug-likeness (QED) is 0.0196. The van der Waals surface area contributed by atoms with E-state index in [1.54, 1.807) is 0 Å². The van der Waals surface area contributed by atoms with Crippen LogP contribution >= 0.6 is 0 Å². The van der Waals surface area contributed by atoms with Crippen molar-refractivity contribution in [3.63, 3.8) is 0 Å². The van der Waals surface area contributed by atoms with E-state index in [0.717, 1.165) is 83.5 Å². The van der Waals surface area contributed by atoms with Crippen molar-refractivity contribution in [3.05, 3.63) is 48.6 Å². The van der Waals surface area contributed by atoms with Crippen LogP contribution in [0.4, 0.5) is 0 Å². The molecule has 1 heterocycles. The molecule has 6 unspecified atom stereocenters. The summed E-state index contributed by atoms with van der Waals surface area (Å²) in [4.78, 5) is 25.5. The van der Waals surface area contributed by atoms with E-state index in [4.69, 9.17) is 18.9 Å².